The fraction of sp³-hybridized carbons (Fsp3) is 0.556. The molecule has 1 rings (SSSR count). The highest BCUT2D eigenvalue weighted by atomic mass is 16.6. The molecule has 0 saturated heterocycles. The summed E-state index contributed by atoms with van der Waals surface area (Å²) >= 11 is 0. The molecule has 0 aliphatic rings. The Hall–Kier alpha value is -2.08. The van der Waals surface area contributed by atoms with Crippen LogP contribution >= 0.6 is 0 Å². The zero-order valence-corrected chi connectivity index (χ0v) is 14.5. The number of rotatable bonds is 11. The maximum Gasteiger partial charge on any atom is 0.407 e. The molecule has 0 aliphatic carbocycles. The number of hydrogen-bond acceptors (Lipinski definition) is 5. The van der Waals surface area contributed by atoms with Gasteiger partial charge in [0, 0.05) is 13.7 Å². The average molecular weight is 337 g/mol. The lowest BCUT2D eigenvalue weighted by atomic mass is 10.0. The number of nitrogens with one attached hydrogen (secondary N) is 1. The molecule has 1 aromatic carbocycles. The van der Waals surface area contributed by atoms with E-state index >= 15 is 0 Å². The molecule has 1 amide bonds. The lowest BCUT2D eigenvalue weighted by Gasteiger charge is -2.11. The second-order valence-electron chi connectivity index (χ2n) is 5.55. The van der Waals surface area contributed by atoms with Gasteiger partial charge in [-0.3, -0.25) is 4.79 Å². The van der Waals surface area contributed by atoms with Crippen LogP contribution in [0.1, 0.15) is 31.7 Å². The Morgan fingerprint density at radius 2 is 1.83 bits per heavy atom. The van der Waals surface area contributed by atoms with Gasteiger partial charge >= 0.3 is 12.1 Å². The van der Waals surface area contributed by atoms with Gasteiger partial charge < -0.3 is 19.5 Å². The zero-order valence-electron chi connectivity index (χ0n) is 14.5. The van der Waals surface area contributed by atoms with Gasteiger partial charge in [0.2, 0.25) is 0 Å². The van der Waals surface area contributed by atoms with Crippen LogP contribution in [0, 0.1) is 5.92 Å². The molecular weight excluding hydrogens is 310 g/mol. The van der Waals surface area contributed by atoms with Gasteiger partial charge in [-0.2, -0.15) is 0 Å². The highest BCUT2D eigenvalue weighted by Crippen LogP contribution is 2.09. The monoisotopic (exact) mass is 337 g/mol. The van der Waals surface area contributed by atoms with Gasteiger partial charge in [0.15, 0.2) is 0 Å². The summed E-state index contributed by atoms with van der Waals surface area (Å²) in [5, 5.41) is 2.70. The first-order valence-electron chi connectivity index (χ1n) is 8.23. The Bertz CT molecular complexity index is 478. The SMILES string of the molecule is COCCOC(=O)C(C)CCCCNC(=O)OCc1ccccc1. The lowest BCUT2D eigenvalue weighted by molar-refractivity contribution is -0.149. The smallest absolute Gasteiger partial charge is 0.407 e. The van der Waals surface area contributed by atoms with Crippen molar-refractivity contribution < 1.29 is 23.8 Å². The van der Waals surface area contributed by atoms with Gasteiger partial charge in [0.05, 0.1) is 12.5 Å². The minimum atomic E-state index is -0.425. The number of carbonyl (C=O) groups excluding carboxylic acids is 2. The van der Waals surface area contributed by atoms with Crippen LogP contribution < -0.4 is 5.32 Å². The minimum absolute atomic E-state index is 0.146. The van der Waals surface area contributed by atoms with Crippen LogP contribution in [0.2, 0.25) is 0 Å². The molecule has 6 nitrogen and oxygen atoms in total. The molecule has 0 fully saturated rings. The molecule has 0 radical (unpaired) electrons. The third-order valence-corrected chi connectivity index (χ3v) is 3.48. The van der Waals surface area contributed by atoms with Gasteiger partial charge in [0.1, 0.15) is 13.2 Å². The van der Waals surface area contributed by atoms with Crippen molar-refractivity contribution in [3.8, 4) is 0 Å². The van der Waals surface area contributed by atoms with E-state index in [9.17, 15) is 9.59 Å². The third-order valence-electron chi connectivity index (χ3n) is 3.48. The van der Waals surface area contributed by atoms with Crippen LogP contribution in [-0.4, -0.2) is 38.9 Å². The number of amides is 1. The number of alkyl carbamates (subject to hydrolysis) is 1. The predicted octanol–water partition coefficient (Wildman–Crippen LogP) is 2.91. The van der Waals surface area contributed by atoms with Crippen molar-refractivity contribution in [3.05, 3.63) is 35.9 Å². The summed E-state index contributed by atoms with van der Waals surface area (Å²) in [6.45, 7) is 3.33. The Morgan fingerprint density at radius 3 is 2.54 bits per heavy atom. The van der Waals surface area contributed by atoms with Crippen LogP contribution in [0.25, 0.3) is 0 Å². The first-order valence-corrected chi connectivity index (χ1v) is 8.23. The van der Waals surface area contributed by atoms with Crippen LogP contribution in [0.3, 0.4) is 0 Å². The molecule has 24 heavy (non-hydrogen) atoms. The van der Waals surface area contributed by atoms with Gasteiger partial charge in [-0.15, -0.1) is 0 Å². The molecule has 0 saturated carbocycles. The second kappa shape index (κ2) is 12.4. The molecule has 6 heteroatoms. The molecule has 0 bridgehead atoms. The van der Waals surface area contributed by atoms with Gasteiger partial charge in [-0.1, -0.05) is 43.7 Å². The summed E-state index contributed by atoms with van der Waals surface area (Å²) in [5.74, 6) is -0.353. The van der Waals surface area contributed by atoms with E-state index in [0.29, 0.717) is 13.2 Å². The molecule has 0 spiro atoms. The molecule has 1 aromatic rings. The van der Waals surface area contributed by atoms with Gasteiger partial charge in [-0.05, 0) is 18.4 Å². The van der Waals surface area contributed by atoms with E-state index in [1.165, 1.54) is 0 Å². The Labute approximate surface area is 143 Å². The van der Waals surface area contributed by atoms with Crippen molar-refractivity contribution in [1.29, 1.82) is 0 Å². The van der Waals surface area contributed by atoms with E-state index in [1.807, 2.05) is 37.3 Å². The number of methoxy groups -OCH3 is 1. The summed E-state index contributed by atoms with van der Waals surface area (Å²) in [4.78, 5) is 23.2. The van der Waals surface area contributed by atoms with Crippen molar-refractivity contribution >= 4 is 12.1 Å². The molecule has 0 aliphatic heterocycles. The van der Waals surface area contributed by atoms with Crippen molar-refractivity contribution in [3.63, 3.8) is 0 Å². The summed E-state index contributed by atoms with van der Waals surface area (Å²) in [5.41, 5.74) is 0.952. The fourth-order valence-corrected chi connectivity index (χ4v) is 2.03. The summed E-state index contributed by atoms with van der Waals surface area (Å²) in [6.07, 6.45) is 1.92. The zero-order chi connectivity index (χ0) is 17.6. The van der Waals surface area contributed by atoms with Crippen LogP contribution in [-0.2, 0) is 25.6 Å². The molecule has 0 aromatic heterocycles. The molecule has 1 atom stereocenters. The minimum Gasteiger partial charge on any atom is -0.463 e. The first kappa shape index (κ1) is 20.0. The number of hydrogen-bond donors (Lipinski definition) is 1. The number of benzene rings is 1. The van der Waals surface area contributed by atoms with Gasteiger partial charge in [-0.25, -0.2) is 4.79 Å². The number of esters is 1. The van der Waals surface area contributed by atoms with E-state index in [4.69, 9.17) is 14.2 Å². The Morgan fingerprint density at radius 1 is 1.08 bits per heavy atom. The largest absolute Gasteiger partial charge is 0.463 e. The predicted molar refractivity (Wildman–Crippen MR) is 90.5 cm³/mol. The normalized spacial score (nSPS) is 11.6. The Kier molecular flexibility index (Phi) is 10.3. The fourth-order valence-electron chi connectivity index (χ4n) is 2.03. The van der Waals surface area contributed by atoms with E-state index in [-0.39, 0.29) is 25.1 Å². The molecule has 0 heterocycles. The first-order chi connectivity index (χ1) is 11.6. The maximum absolute atomic E-state index is 11.6. The average Bonchev–Trinajstić information content (AvgIpc) is 2.60. The molecular formula is C18H27NO5. The number of unbranched alkanes of at least 4 members (excludes halogenated alkanes) is 1. The maximum atomic E-state index is 11.6. The molecule has 1 N–H and O–H groups in total. The highest BCUT2D eigenvalue weighted by Gasteiger charge is 2.13. The van der Waals surface area contributed by atoms with Crippen LogP contribution in [0.4, 0.5) is 4.79 Å². The summed E-state index contributed by atoms with van der Waals surface area (Å²) in [6, 6.07) is 9.52. The molecule has 1 unspecified atom stereocenters. The Balaban J connectivity index is 2.02. The lowest BCUT2D eigenvalue weighted by Crippen LogP contribution is -2.25. The van der Waals surface area contributed by atoms with Crippen molar-refractivity contribution in [1.82, 2.24) is 5.32 Å². The van der Waals surface area contributed by atoms with Crippen LogP contribution in [0.15, 0.2) is 30.3 Å². The topological polar surface area (TPSA) is 73.9 Å². The van der Waals surface area contributed by atoms with Crippen molar-refractivity contribution in [2.75, 3.05) is 26.9 Å². The molecule has 134 valence electrons. The third kappa shape index (κ3) is 9.15. The van der Waals surface area contributed by atoms with E-state index in [0.717, 1.165) is 24.8 Å². The quantitative estimate of drug-likeness (QED) is 0.496. The van der Waals surface area contributed by atoms with E-state index in [1.54, 1.807) is 7.11 Å². The second-order valence-corrected chi connectivity index (χ2v) is 5.55. The van der Waals surface area contributed by atoms with Crippen molar-refractivity contribution in [2.24, 2.45) is 5.92 Å². The van der Waals surface area contributed by atoms with Crippen LogP contribution in [0.5, 0.6) is 0 Å². The van der Waals surface area contributed by atoms with Crippen molar-refractivity contribution in [2.45, 2.75) is 32.8 Å². The van der Waals surface area contributed by atoms with E-state index in [2.05, 4.69) is 5.32 Å². The number of ether oxygens (including phenoxy) is 3. The van der Waals surface area contributed by atoms with E-state index < -0.39 is 6.09 Å². The van der Waals surface area contributed by atoms with Gasteiger partial charge in [0.25, 0.3) is 0 Å². The summed E-state index contributed by atoms with van der Waals surface area (Å²) < 4.78 is 15.0. The highest BCUT2D eigenvalue weighted by molar-refractivity contribution is 5.71. The number of carbonyl (C=O) groups is 2. The summed E-state index contributed by atoms with van der Waals surface area (Å²) in [7, 11) is 1.56. The standard InChI is InChI=1S/C18H27NO5/c1-15(17(20)23-13-12-22-2)8-6-7-11-19-18(21)24-14-16-9-4-3-5-10-16/h3-5,9-10,15H,6-8,11-14H2,1-2H3,(H,19,21).